The van der Waals surface area contributed by atoms with E-state index in [1.807, 2.05) is 19.9 Å². The molecule has 2 aromatic rings. The average molecular weight is 273 g/mol. The van der Waals surface area contributed by atoms with Crippen molar-refractivity contribution >= 4 is 11.6 Å². The van der Waals surface area contributed by atoms with Gasteiger partial charge in [-0.2, -0.15) is 5.10 Å². The van der Waals surface area contributed by atoms with E-state index in [0.717, 1.165) is 11.3 Å². The van der Waals surface area contributed by atoms with Gasteiger partial charge in [0.15, 0.2) is 0 Å². The first kappa shape index (κ1) is 13.8. The maximum Gasteiger partial charge on any atom is 0.276 e. The van der Waals surface area contributed by atoms with Gasteiger partial charge >= 0.3 is 0 Å². The molecule has 20 heavy (non-hydrogen) atoms. The largest absolute Gasteiger partial charge is 0.494 e. The smallest absolute Gasteiger partial charge is 0.276 e. The Morgan fingerprint density at radius 3 is 2.75 bits per heavy atom. The zero-order valence-corrected chi connectivity index (χ0v) is 11.3. The lowest BCUT2D eigenvalue weighted by molar-refractivity contribution is 0.102. The van der Waals surface area contributed by atoms with Crippen molar-refractivity contribution in [3.8, 4) is 5.75 Å². The lowest BCUT2D eigenvalue weighted by Crippen LogP contribution is -2.17. The molecule has 0 aliphatic heterocycles. The van der Waals surface area contributed by atoms with Crippen LogP contribution in [0.15, 0.2) is 35.1 Å². The first-order valence-corrected chi connectivity index (χ1v) is 6.20. The minimum atomic E-state index is -0.384. The lowest BCUT2D eigenvalue weighted by Gasteiger charge is -2.09. The minimum Gasteiger partial charge on any atom is -0.494 e. The molecule has 0 bridgehead atoms. The summed E-state index contributed by atoms with van der Waals surface area (Å²) in [7, 11) is 0. The summed E-state index contributed by atoms with van der Waals surface area (Å²) in [5, 5.41) is 8.60. The number of anilines is 1. The van der Waals surface area contributed by atoms with Gasteiger partial charge in [0.1, 0.15) is 11.4 Å². The number of aryl methyl sites for hydroxylation is 1. The number of H-pyrrole nitrogens is 1. The first-order chi connectivity index (χ1) is 9.60. The third-order valence-corrected chi connectivity index (χ3v) is 2.64. The van der Waals surface area contributed by atoms with Gasteiger partial charge < -0.3 is 10.1 Å². The molecule has 0 aliphatic rings. The highest BCUT2D eigenvalue weighted by Crippen LogP contribution is 2.22. The van der Waals surface area contributed by atoms with Crippen molar-refractivity contribution in [3.63, 3.8) is 0 Å². The number of aromatic nitrogens is 2. The fourth-order valence-corrected chi connectivity index (χ4v) is 1.71. The minimum absolute atomic E-state index is 0.149. The molecule has 1 heterocycles. The van der Waals surface area contributed by atoms with Crippen molar-refractivity contribution in [1.29, 1.82) is 0 Å². The molecule has 104 valence electrons. The Morgan fingerprint density at radius 1 is 1.35 bits per heavy atom. The average Bonchev–Trinajstić information content (AvgIpc) is 2.42. The van der Waals surface area contributed by atoms with E-state index in [2.05, 4.69) is 15.5 Å². The third-order valence-electron chi connectivity index (χ3n) is 2.64. The highest BCUT2D eigenvalue weighted by Gasteiger charge is 2.09. The van der Waals surface area contributed by atoms with Crippen molar-refractivity contribution in [2.75, 3.05) is 11.9 Å². The van der Waals surface area contributed by atoms with Crippen LogP contribution in [0.5, 0.6) is 5.75 Å². The fraction of sp³-hybridized carbons (Fsp3) is 0.214. The molecule has 1 amide bonds. The van der Waals surface area contributed by atoms with Crippen molar-refractivity contribution in [2.24, 2.45) is 0 Å². The van der Waals surface area contributed by atoms with Crippen molar-refractivity contribution in [2.45, 2.75) is 13.8 Å². The van der Waals surface area contributed by atoms with E-state index >= 15 is 0 Å². The number of benzene rings is 1. The number of aromatic amines is 1. The topological polar surface area (TPSA) is 84.1 Å². The first-order valence-electron chi connectivity index (χ1n) is 6.20. The van der Waals surface area contributed by atoms with Gasteiger partial charge in [0.2, 0.25) is 0 Å². The summed E-state index contributed by atoms with van der Waals surface area (Å²) in [6, 6.07) is 7.99. The zero-order chi connectivity index (χ0) is 14.5. The Hall–Kier alpha value is -2.63. The quantitative estimate of drug-likeness (QED) is 0.888. The van der Waals surface area contributed by atoms with Crippen LogP contribution in [0.3, 0.4) is 0 Å². The number of nitrogens with one attached hydrogen (secondary N) is 2. The van der Waals surface area contributed by atoms with E-state index in [1.165, 1.54) is 12.1 Å². The summed E-state index contributed by atoms with van der Waals surface area (Å²) >= 11 is 0. The van der Waals surface area contributed by atoms with Gasteiger partial charge in [-0.1, -0.05) is 0 Å². The number of hydrogen-bond donors (Lipinski definition) is 2. The number of carbonyl (C=O) groups is 1. The van der Waals surface area contributed by atoms with Crippen LogP contribution < -0.4 is 15.6 Å². The van der Waals surface area contributed by atoms with Crippen molar-refractivity contribution in [1.82, 2.24) is 10.2 Å². The van der Waals surface area contributed by atoms with Crippen LogP contribution in [0.4, 0.5) is 5.69 Å². The van der Waals surface area contributed by atoms with Crippen LogP contribution in [0.2, 0.25) is 0 Å². The molecule has 6 heteroatoms. The van der Waals surface area contributed by atoms with Gasteiger partial charge in [0, 0.05) is 11.8 Å². The number of rotatable bonds is 4. The van der Waals surface area contributed by atoms with E-state index in [0.29, 0.717) is 12.3 Å². The molecule has 0 atom stereocenters. The van der Waals surface area contributed by atoms with E-state index in [9.17, 15) is 9.59 Å². The zero-order valence-electron chi connectivity index (χ0n) is 11.3. The second-order valence-corrected chi connectivity index (χ2v) is 4.17. The molecular weight excluding hydrogens is 258 g/mol. The Kier molecular flexibility index (Phi) is 4.14. The van der Waals surface area contributed by atoms with Crippen LogP contribution >= 0.6 is 0 Å². The summed E-state index contributed by atoms with van der Waals surface area (Å²) in [6.07, 6.45) is 0. The van der Waals surface area contributed by atoms with Crippen molar-refractivity contribution in [3.05, 3.63) is 51.9 Å². The Morgan fingerprint density at radius 2 is 2.15 bits per heavy atom. The molecule has 0 saturated heterocycles. The molecule has 2 rings (SSSR count). The van der Waals surface area contributed by atoms with Crippen LogP contribution in [0.25, 0.3) is 0 Å². The molecule has 1 aromatic heterocycles. The number of carbonyl (C=O) groups excluding carboxylic acids is 1. The number of hydrogen-bond acceptors (Lipinski definition) is 4. The molecule has 1 aromatic carbocycles. The van der Waals surface area contributed by atoms with E-state index < -0.39 is 0 Å². The van der Waals surface area contributed by atoms with Gasteiger partial charge in [0.25, 0.3) is 11.5 Å². The van der Waals surface area contributed by atoms with Gasteiger partial charge in [0.05, 0.1) is 6.61 Å². The van der Waals surface area contributed by atoms with Crippen LogP contribution in [0.1, 0.15) is 23.0 Å². The van der Waals surface area contributed by atoms with Crippen LogP contribution in [0, 0.1) is 6.92 Å². The molecule has 0 saturated carbocycles. The summed E-state index contributed by atoms with van der Waals surface area (Å²) in [4.78, 5) is 22.8. The van der Waals surface area contributed by atoms with E-state index in [1.54, 1.807) is 12.1 Å². The molecule has 0 aliphatic carbocycles. The number of ether oxygens (including phenoxy) is 1. The lowest BCUT2D eigenvalue weighted by atomic mass is 10.2. The molecule has 0 radical (unpaired) electrons. The van der Waals surface area contributed by atoms with Gasteiger partial charge in [-0.3, -0.25) is 9.59 Å². The molecule has 0 fully saturated rings. The summed E-state index contributed by atoms with van der Waals surface area (Å²) in [6.45, 7) is 4.41. The highest BCUT2D eigenvalue weighted by molar-refractivity contribution is 6.02. The Bertz CT molecular complexity index is 659. The second-order valence-electron chi connectivity index (χ2n) is 4.17. The standard InChI is InChI=1S/C14H15N3O3/c1-3-20-12-6-4-10(8-9(12)2)15-14(19)11-5-7-13(18)17-16-11/h4-8H,3H2,1-2H3,(H,15,19)(H,17,18). The normalized spacial score (nSPS) is 10.1. The number of amides is 1. The predicted molar refractivity (Wildman–Crippen MR) is 75.2 cm³/mol. The number of nitrogens with zero attached hydrogens (tertiary/aromatic N) is 1. The Labute approximate surface area is 115 Å². The molecule has 0 unspecified atom stereocenters. The monoisotopic (exact) mass is 273 g/mol. The molecule has 2 N–H and O–H groups in total. The SMILES string of the molecule is CCOc1ccc(NC(=O)c2ccc(=O)[nH]n2)cc1C. The van der Waals surface area contributed by atoms with Crippen molar-refractivity contribution < 1.29 is 9.53 Å². The van der Waals surface area contributed by atoms with Gasteiger partial charge in [-0.05, 0) is 43.7 Å². The summed E-state index contributed by atoms with van der Waals surface area (Å²) in [5.74, 6) is 0.400. The maximum atomic E-state index is 11.9. The Balaban J connectivity index is 2.13. The van der Waals surface area contributed by atoms with Crippen LogP contribution in [-0.2, 0) is 0 Å². The third kappa shape index (κ3) is 3.23. The van der Waals surface area contributed by atoms with E-state index in [-0.39, 0.29) is 17.2 Å². The molecule has 6 nitrogen and oxygen atoms in total. The van der Waals surface area contributed by atoms with Gasteiger partial charge in [-0.15, -0.1) is 0 Å². The highest BCUT2D eigenvalue weighted by atomic mass is 16.5. The second kappa shape index (κ2) is 6.01. The summed E-state index contributed by atoms with van der Waals surface area (Å²) < 4.78 is 5.43. The van der Waals surface area contributed by atoms with Gasteiger partial charge in [-0.25, -0.2) is 5.10 Å². The van der Waals surface area contributed by atoms with Crippen LogP contribution in [-0.4, -0.2) is 22.7 Å². The predicted octanol–water partition coefficient (Wildman–Crippen LogP) is 1.73. The molecule has 0 spiro atoms. The summed E-state index contributed by atoms with van der Waals surface area (Å²) in [5.41, 5.74) is 1.37. The molecular formula is C14H15N3O3. The van der Waals surface area contributed by atoms with E-state index in [4.69, 9.17) is 4.74 Å². The fourth-order valence-electron chi connectivity index (χ4n) is 1.71. The maximum absolute atomic E-state index is 11.9.